The number of hydrogen-bond acceptors (Lipinski definition) is 7. The molecule has 4 rings (SSSR count). The fourth-order valence-corrected chi connectivity index (χ4v) is 6.04. The highest BCUT2D eigenvalue weighted by Gasteiger charge is 2.71. The smallest absolute Gasteiger partial charge is 0.408 e. The lowest BCUT2D eigenvalue weighted by Crippen LogP contribution is -2.58. The fraction of sp³-hybridized carbons (Fsp3) is 0.913. The summed E-state index contributed by atoms with van der Waals surface area (Å²) >= 11 is 0. The summed E-state index contributed by atoms with van der Waals surface area (Å²) in [5.74, 6) is -0.220. The molecule has 2 saturated carbocycles. The summed E-state index contributed by atoms with van der Waals surface area (Å²) in [5.41, 5.74) is 3.61. The second kappa shape index (κ2) is 7.55. The van der Waals surface area contributed by atoms with E-state index < -0.39 is 29.7 Å². The Hall–Kier alpha value is -1.42. The Balaban J connectivity index is 1.45. The molecule has 0 bridgehead atoms. The number of ether oxygens (including phenoxy) is 4. The number of alkyl carbamates (subject to hydrolysis) is 1. The van der Waals surface area contributed by atoms with Crippen LogP contribution >= 0.6 is 0 Å². The van der Waals surface area contributed by atoms with E-state index in [4.69, 9.17) is 24.7 Å². The van der Waals surface area contributed by atoms with Gasteiger partial charge in [0.1, 0.15) is 18.2 Å². The van der Waals surface area contributed by atoms with Crippen molar-refractivity contribution in [3.8, 4) is 0 Å². The van der Waals surface area contributed by atoms with E-state index in [1.165, 1.54) is 13.8 Å². The SMILES string of the molecule is CO[C@H]1C([C@@]2(C)C[C@@H]2C[C@@H]2OC2(C)C)[C@]2(CC[C@H]1OC(=O)N[C@@H](C(N)=O)C(C)(C)O)CO2. The van der Waals surface area contributed by atoms with Crippen LogP contribution in [-0.2, 0) is 23.7 Å². The largest absolute Gasteiger partial charge is 0.443 e. The lowest BCUT2D eigenvalue weighted by molar-refractivity contribution is -0.128. The van der Waals surface area contributed by atoms with Gasteiger partial charge < -0.3 is 35.1 Å². The lowest BCUT2D eigenvalue weighted by atomic mass is 9.67. The van der Waals surface area contributed by atoms with Crippen LogP contribution < -0.4 is 11.1 Å². The van der Waals surface area contributed by atoms with Crippen LogP contribution in [0.15, 0.2) is 0 Å². The number of hydrogen-bond donors (Lipinski definition) is 3. The summed E-state index contributed by atoms with van der Waals surface area (Å²) in [6.45, 7) is 10.0. The number of methoxy groups -OCH3 is 1. The molecule has 0 radical (unpaired) electrons. The zero-order chi connectivity index (χ0) is 23.7. The molecule has 2 saturated heterocycles. The molecule has 9 heteroatoms. The lowest BCUT2D eigenvalue weighted by Gasteiger charge is -2.44. The average Bonchev–Trinajstić information content (AvgIpc) is 3.61. The minimum atomic E-state index is -1.51. The minimum absolute atomic E-state index is 0.0283. The van der Waals surface area contributed by atoms with Crippen LogP contribution in [0.3, 0.4) is 0 Å². The molecule has 2 aliphatic carbocycles. The van der Waals surface area contributed by atoms with Gasteiger partial charge in [0.15, 0.2) is 0 Å². The van der Waals surface area contributed by atoms with Crippen LogP contribution in [0.4, 0.5) is 4.79 Å². The maximum Gasteiger partial charge on any atom is 0.408 e. The Bertz CT molecular complexity index is 775. The maximum atomic E-state index is 12.6. The summed E-state index contributed by atoms with van der Waals surface area (Å²) in [6, 6.07) is -1.26. The van der Waals surface area contributed by atoms with Crippen molar-refractivity contribution in [1.29, 1.82) is 0 Å². The summed E-state index contributed by atoms with van der Waals surface area (Å²) in [6.07, 6.45) is 2.17. The molecule has 2 amide bonds. The molecule has 4 aliphatic rings. The summed E-state index contributed by atoms with van der Waals surface area (Å²) in [5, 5.41) is 12.6. The van der Waals surface area contributed by atoms with Crippen LogP contribution in [0.25, 0.3) is 0 Å². The second-order valence-electron chi connectivity index (χ2n) is 11.5. The molecule has 0 aromatic carbocycles. The van der Waals surface area contributed by atoms with E-state index in [1.54, 1.807) is 7.11 Å². The Morgan fingerprint density at radius 2 is 1.94 bits per heavy atom. The van der Waals surface area contributed by atoms with Crippen molar-refractivity contribution >= 4 is 12.0 Å². The van der Waals surface area contributed by atoms with Crippen molar-refractivity contribution in [2.75, 3.05) is 13.7 Å². The molecule has 4 N–H and O–H groups in total. The van der Waals surface area contributed by atoms with E-state index in [1.807, 2.05) is 0 Å². The van der Waals surface area contributed by atoms with Gasteiger partial charge in [0.2, 0.25) is 5.91 Å². The van der Waals surface area contributed by atoms with Gasteiger partial charge in [0.05, 0.1) is 29.5 Å². The van der Waals surface area contributed by atoms with Gasteiger partial charge in [-0.15, -0.1) is 0 Å². The minimum Gasteiger partial charge on any atom is -0.443 e. The zero-order valence-electron chi connectivity index (χ0n) is 20.0. The van der Waals surface area contributed by atoms with Crippen molar-refractivity contribution < 1.29 is 33.6 Å². The number of carbonyl (C=O) groups is 2. The number of primary amides is 1. The molecule has 0 aromatic heterocycles. The van der Waals surface area contributed by atoms with Gasteiger partial charge in [0.25, 0.3) is 0 Å². The molecular formula is C23H38N2O7. The number of epoxide rings is 2. The third-order valence-corrected chi connectivity index (χ3v) is 8.24. The third-order valence-electron chi connectivity index (χ3n) is 8.24. The topological polar surface area (TPSA) is 136 Å². The van der Waals surface area contributed by atoms with Gasteiger partial charge in [-0.3, -0.25) is 4.79 Å². The van der Waals surface area contributed by atoms with Crippen LogP contribution in [0.2, 0.25) is 0 Å². The van der Waals surface area contributed by atoms with E-state index in [0.29, 0.717) is 25.0 Å². The van der Waals surface area contributed by atoms with E-state index in [-0.39, 0.29) is 28.6 Å². The Kier molecular flexibility index (Phi) is 5.60. The van der Waals surface area contributed by atoms with Crippen molar-refractivity contribution in [2.24, 2.45) is 23.0 Å². The number of nitrogens with two attached hydrogens (primary N) is 1. The first-order chi connectivity index (χ1) is 14.7. The first kappa shape index (κ1) is 23.7. The quantitative estimate of drug-likeness (QED) is 0.473. The maximum absolute atomic E-state index is 12.6. The van der Waals surface area contributed by atoms with Crippen molar-refractivity contribution in [1.82, 2.24) is 5.32 Å². The van der Waals surface area contributed by atoms with Crippen molar-refractivity contribution in [2.45, 2.75) is 101 Å². The van der Waals surface area contributed by atoms with E-state index in [9.17, 15) is 14.7 Å². The summed E-state index contributed by atoms with van der Waals surface area (Å²) in [4.78, 5) is 24.3. The number of nitrogens with one attached hydrogen (secondary N) is 1. The Morgan fingerprint density at radius 1 is 1.31 bits per heavy atom. The Labute approximate surface area is 189 Å². The number of rotatable bonds is 8. The number of carbonyl (C=O) groups excluding carboxylic acids is 2. The van der Waals surface area contributed by atoms with Gasteiger partial charge >= 0.3 is 6.09 Å². The molecule has 4 fully saturated rings. The van der Waals surface area contributed by atoms with Crippen molar-refractivity contribution in [3.63, 3.8) is 0 Å². The summed E-state index contributed by atoms with van der Waals surface area (Å²) in [7, 11) is 1.64. The monoisotopic (exact) mass is 454 g/mol. The molecule has 9 nitrogen and oxygen atoms in total. The highest BCUT2D eigenvalue weighted by molar-refractivity contribution is 5.85. The molecule has 2 aliphatic heterocycles. The third kappa shape index (κ3) is 4.24. The Morgan fingerprint density at radius 3 is 2.41 bits per heavy atom. The van der Waals surface area contributed by atoms with E-state index >= 15 is 0 Å². The van der Waals surface area contributed by atoms with E-state index in [0.717, 1.165) is 19.3 Å². The predicted octanol–water partition coefficient (Wildman–Crippen LogP) is 1.49. The number of aliphatic hydroxyl groups is 1. The molecule has 2 heterocycles. The van der Waals surface area contributed by atoms with Crippen molar-refractivity contribution in [3.05, 3.63) is 0 Å². The van der Waals surface area contributed by atoms with Gasteiger partial charge in [0, 0.05) is 13.0 Å². The molecule has 8 atom stereocenters. The fourth-order valence-electron chi connectivity index (χ4n) is 6.04. The number of amides is 2. The molecule has 0 aromatic rings. The standard InChI is InChI=1S/C23H38N2O7/c1-20(2,28)17(18(24)26)25-19(27)31-13-7-8-23(11-30-23)16(15(13)29-6)22(5)10-12(22)9-14-21(3,4)32-14/h12-17,28H,7-11H2,1-6H3,(H2,24,26)(H,25,27)/t12-,13+,14-,15+,16?,17-,22-,23-/m0/s1. The van der Waals surface area contributed by atoms with Gasteiger partial charge in [-0.2, -0.15) is 0 Å². The van der Waals surface area contributed by atoms with Gasteiger partial charge in [-0.1, -0.05) is 6.92 Å². The molecule has 182 valence electrons. The molecule has 1 spiro atoms. The highest BCUT2D eigenvalue weighted by Crippen LogP contribution is 2.69. The van der Waals surface area contributed by atoms with Crippen LogP contribution in [-0.4, -0.2) is 72.0 Å². The first-order valence-electron chi connectivity index (χ1n) is 11.6. The predicted molar refractivity (Wildman–Crippen MR) is 115 cm³/mol. The summed E-state index contributed by atoms with van der Waals surface area (Å²) < 4.78 is 23.5. The molecule has 1 unspecified atom stereocenters. The normalized spacial score (nSPS) is 42.8. The van der Waals surface area contributed by atoms with Crippen LogP contribution in [0.1, 0.15) is 60.3 Å². The molecular weight excluding hydrogens is 416 g/mol. The highest BCUT2D eigenvalue weighted by atomic mass is 16.6. The van der Waals surface area contributed by atoms with Gasteiger partial charge in [-0.25, -0.2) is 4.79 Å². The van der Waals surface area contributed by atoms with Gasteiger partial charge in [-0.05, 0) is 64.7 Å². The zero-order valence-corrected chi connectivity index (χ0v) is 20.0. The first-order valence-corrected chi connectivity index (χ1v) is 11.6. The van der Waals surface area contributed by atoms with E-state index in [2.05, 4.69) is 26.1 Å². The van der Waals surface area contributed by atoms with Crippen LogP contribution in [0, 0.1) is 17.3 Å². The molecule has 32 heavy (non-hydrogen) atoms. The average molecular weight is 455 g/mol. The second-order valence-corrected chi connectivity index (χ2v) is 11.5. The van der Waals surface area contributed by atoms with Crippen LogP contribution in [0.5, 0.6) is 0 Å².